The van der Waals surface area contributed by atoms with Crippen LogP contribution in [0.1, 0.15) is 0 Å². The molecule has 0 radical (unpaired) electrons. The highest BCUT2D eigenvalue weighted by molar-refractivity contribution is 5.85. The van der Waals surface area contributed by atoms with Crippen molar-refractivity contribution in [2.75, 3.05) is 32.8 Å². The van der Waals surface area contributed by atoms with E-state index in [9.17, 15) is 0 Å². The van der Waals surface area contributed by atoms with Gasteiger partial charge in [-0.2, -0.15) is 0 Å². The molecule has 1 saturated heterocycles. The van der Waals surface area contributed by atoms with Crippen LogP contribution < -0.4 is 0 Å². The number of morpholine rings is 1. The molecule has 0 bridgehead atoms. The molecule has 0 N–H and O–H groups in total. The number of nitrogens with zero attached hydrogens (tertiary/aromatic N) is 2. The monoisotopic (exact) mass is 126 g/mol. The molecule has 3 heteroatoms. The Labute approximate surface area is 54.3 Å². The molecule has 2 rings (SSSR count). The number of amidine groups is 1. The van der Waals surface area contributed by atoms with Gasteiger partial charge in [-0.3, -0.25) is 4.99 Å². The van der Waals surface area contributed by atoms with Crippen molar-refractivity contribution in [1.82, 2.24) is 4.90 Å². The summed E-state index contributed by atoms with van der Waals surface area (Å²) in [4.78, 5) is 6.57. The molecule has 9 heavy (non-hydrogen) atoms. The van der Waals surface area contributed by atoms with Gasteiger partial charge in [-0.25, -0.2) is 0 Å². The molecule has 50 valence electrons. The zero-order valence-electron chi connectivity index (χ0n) is 5.34. The Morgan fingerprint density at radius 1 is 1.44 bits per heavy atom. The van der Waals surface area contributed by atoms with Crippen LogP contribution in [-0.2, 0) is 4.74 Å². The maximum Gasteiger partial charge on any atom is 0.125 e. The summed E-state index contributed by atoms with van der Waals surface area (Å²) < 4.78 is 5.21. The Hall–Kier alpha value is -0.570. The van der Waals surface area contributed by atoms with Gasteiger partial charge in [0.15, 0.2) is 0 Å². The van der Waals surface area contributed by atoms with Gasteiger partial charge in [0.1, 0.15) is 12.4 Å². The minimum atomic E-state index is 0.736. The lowest BCUT2D eigenvalue weighted by atomic mass is 10.4. The lowest BCUT2D eigenvalue weighted by Gasteiger charge is -2.24. The molecule has 0 aromatic rings. The van der Waals surface area contributed by atoms with Gasteiger partial charge in [0, 0.05) is 13.1 Å². The van der Waals surface area contributed by atoms with E-state index in [4.69, 9.17) is 4.74 Å². The van der Waals surface area contributed by atoms with E-state index in [0.29, 0.717) is 0 Å². The van der Waals surface area contributed by atoms with E-state index in [2.05, 4.69) is 9.89 Å². The first kappa shape index (κ1) is 5.23. The molecule has 2 aliphatic heterocycles. The van der Waals surface area contributed by atoms with Crippen molar-refractivity contribution in [3.8, 4) is 0 Å². The minimum absolute atomic E-state index is 0.736. The smallest absolute Gasteiger partial charge is 0.125 e. The molecule has 0 atom stereocenters. The molecule has 3 nitrogen and oxygen atoms in total. The molecular formula is C6H10N2O. The van der Waals surface area contributed by atoms with Crippen LogP contribution in [-0.4, -0.2) is 43.6 Å². The van der Waals surface area contributed by atoms with E-state index in [1.165, 1.54) is 0 Å². The van der Waals surface area contributed by atoms with Crippen molar-refractivity contribution in [3.05, 3.63) is 0 Å². The van der Waals surface area contributed by atoms with Crippen molar-refractivity contribution in [2.24, 2.45) is 4.99 Å². The predicted octanol–water partition coefficient (Wildman–Crippen LogP) is -0.269. The number of rotatable bonds is 0. The van der Waals surface area contributed by atoms with E-state index in [-0.39, 0.29) is 0 Å². The molecule has 0 unspecified atom stereocenters. The molecule has 0 aliphatic carbocycles. The largest absolute Gasteiger partial charge is 0.372 e. The first-order valence-corrected chi connectivity index (χ1v) is 3.33. The fourth-order valence-corrected chi connectivity index (χ4v) is 1.24. The van der Waals surface area contributed by atoms with Gasteiger partial charge >= 0.3 is 0 Å². The lowest BCUT2D eigenvalue weighted by Crippen LogP contribution is -2.38. The summed E-state index contributed by atoms with van der Waals surface area (Å²) in [5.74, 6) is 1.15. The molecule has 2 heterocycles. The third-order valence-electron chi connectivity index (χ3n) is 1.77. The Morgan fingerprint density at radius 2 is 2.44 bits per heavy atom. The number of hydrogen-bond acceptors (Lipinski definition) is 3. The summed E-state index contributed by atoms with van der Waals surface area (Å²) in [6, 6.07) is 0. The van der Waals surface area contributed by atoms with Gasteiger partial charge in [0.2, 0.25) is 0 Å². The molecule has 0 saturated carbocycles. The van der Waals surface area contributed by atoms with Gasteiger partial charge in [-0.15, -0.1) is 0 Å². The second kappa shape index (κ2) is 1.99. The molecule has 1 fully saturated rings. The summed E-state index contributed by atoms with van der Waals surface area (Å²) in [7, 11) is 0. The van der Waals surface area contributed by atoms with Gasteiger partial charge in [0.05, 0.1) is 13.2 Å². The zero-order valence-corrected chi connectivity index (χ0v) is 5.34. The maximum atomic E-state index is 5.21. The fourth-order valence-electron chi connectivity index (χ4n) is 1.24. The maximum absolute atomic E-state index is 5.21. The highest BCUT2D eigenvalue weighted by atomic mass is 16.5. The topological polar surface area (TPSA) is 24.8 Å². The Kier molecular flexibility index (Phi) is 1.16. The van der Waals surface area contributed by atoms with E-state index in [0.717, 1.165) is 38.7 Å². The summed E-state index contributed by atoms with van der Waals surface area (Å²) in [5.41, 5.74) is 0. The zero-order chi connectivity index (χ0) is 6.10. The average molecular weight is 126 g/mol. The van der Waals surface area contributed by atoms with Gasteiger partial charge < -0.3 is 9.64 Å². The second-order valence-corrected chi connectivity index (χ2v) is 2.34. The summed E-state index contributed by atoms with van der Waals surface area (Å²) in [6.07, 6.45) is 0. The van der Waals surface area contributed by atoms with Crippen LogP contribution in [0.2, 0.25) is 0 Å². The lowest BCUT2D eigenvalue weighted by molar-refractivity contribution is 0.122. The Morgan fingerprint density at radius 3 is 3.33 bits per heavy atom. The summed E-state index contributed by atoms with van der Waals surface area (Å²) in [6.45, 7) is 4.73. The average Bonchev–Trinajstić information content (AvgIpc) is 2.33. The molecule has 0 spiro atoms. The number of ether oxygens (including phenoxy) is 1. The fraction of sp³-hybridized carbons (Fsp3) is 0.833. The molecule has 2 aliphatic rings. The number of fused-ring (bicyclic) bond motifs is 1. The highest BCUT2D eigenvalue weighted by Gasteiger charge is 2.19. The standard InChI is InChI=1S/C6H10N2O/c1-2-8-3-4-9-5-6(8)7-1/h1-5H2. The second-order valence-electron chi connectivity index (χ2n) is 2.34. The summed E-state index contributed by atoms with van der Waals surface area (Å²) in [5, 5.41) is 0. The van der Waals surface area contributed by atoms with Crippen molar-refractivity contribution in [1.29, 1.82) is 0 Å². The van der Waals surface area contributed by atoms with Crippen molar-refractivity contribution in [3.63, 3.8) is 0 Å². The highest BCUT2D eigenvalue weighted by Crippen LogP contribution is 2.05. The van der Waals surface area contributed by atoms with Gasteiger partial charge in [-0.05, 0) is 0 Å². The van der Waals surface area contributed by atoms with Gasteiger partial charge in [-0.1, -0.05) is 0 Å². The first-order valence-electron chi connectivity index (χ1n) is 3.33. The minimum Gasteiger partial charge on any atom is -0.372 e. The summed E-state index contributed by atoms with van der Waals surface area (Å²) >= 11 is 0. The van der Waals surface area contributed by atoms with Crippen molar-refractivity contribution >= 4 is 5.84 Å². The van der Waals surface area contributed by atoms with Crippen molar-refractivity contribution < 1.29 is 4.74 Å². The van der Waals surface area contributed by atoms with Crippen LogP contribution in [0, 0.1) is 0 Å². The van der Waals surface area contributed by atoms with Crippen LogP contribution in [0.25, 0.3) is 0 Å². The van der Waals surface area contributed by atoms with Crippen LogP contribution in [0.5, 0.6) is 0 Å². The molecular weight excluding hydrogens is 116 g/mol. The number of hydrogen-bond donors (Lipinski definition) is 0. The predicted molar refractivity (Wildman–Crippen MR) is 34.7 cm³/mol. The van der Waals surface area contributed by atoms with E-state index >= 15 is 0 Å². The molecule has 0 aromatic heterocycles. The number of aliphatic imine (C=N–C) groups is 1. The van der Waals surface area contributed by atoms with E-state index in [1.54, 1.807) is 0 Å². The normalized spacial score (nSPS) is 25.8. The van der Waals surface area contributed by atoms with Crippen LogP contribution in [0.3, 0.4) is 0 Å². The van der Waals surface area contributed by atoms with Crippen molar-refractivity contribution in [2.45, 2.75) is 0 Å². The van der Waals surface area contributed by atoms with Crippen LogP contribution in [0.4, 0.5) is 0 Å². The Balaban J connectivity index is 2.09. The molecule has 0 amide bonds. The quantitative estimate of drug-likeness (QED) is 0.446. The Bertz CT molecular complexity index is 144. The SMILES string of the molecule is C1CN2CCOCC2=N1. The van der Waals surface area contributed by atoms with E-state index in [1.807, 2.05) is 0 Å². The van der Waals surface area contributed by atoms with Crippen LogP contribution >= 0.6 is 0 Å². The van der Waals surface area contributed by atoms with E-state index < -0.39 is 0 Å². The third-order valence-corrected chi connectivity index (χ3v) is 1.77. The van der Waals surface area contributed by atoms with Gasteiger partial charge in [0.25, 0.3) is 0 Å². The van der Waals surface area contributed by atoms with Crippen LogP contribution in [0.15, 0.2) is 4.99 Å². The third kappa shape index (κ3) is 0.812. The molecule has 0 aromatic carbocycles. The first-order chi connectivity index (χ1) is 4.47.